The van der Waals surface area contributed by atoms with Crippen molar-refractivity contribution in [1.82, 2.24) is 0 Å². The predicted molar refractivity (Wildman–Crippen MR) is 128 cm³/mol. The molecule has 0 N–H and O–H groups in total. The van der Waals surface area contributed by atoms with Gasteiger partial charge in [-0.15, -0.1) is 0 Å². The number of carbonyl (C=O) groups excluding carboxylic acids is 1. The first-order valence-electron chi connectivity index (χ1n) is 12.7. The monoisotopic (exact) mass is 480 g/mol. The quantitative estimate of drug-likeness (QED) is 0.430. The Bertz CT molecular complexity index is 1070. The minimum atomic E-state index is -0.973. The second-order valence-corrected chi connectivity index (χ2v) is 9.85. The van der Waals surface area contributed by atoms with E-state index in [0.717, 1.165) is 37.0 Å². The Hall–Kier alpha value is -2.45. The second-order valence-electron chi connectivity index (χ2n) is 9.85. The number of esters is 1. The molecule has 2 aromatic carbocycles. The molecular formula is C28H32O7. The highest BCUT2D eigenvalue weighted by atomic mass is 16.8. The molecule has 186 valence electrons. The summed E-state index contributed by atoms with van der Waals surface area (Å²) in [5.41, 5.74) is 0. The molecule has 1 unspecified atom stereocenters. The number of ether oxygens (including phenoxy) is 6. The SMILES string of the molecule is O=C1C[C@@H]2[C@@H](/C=C/C3(COc4ccc5ccccc5c4)OCCO3)[C@H](OC3CCCCO3)C[C@@H]2O1. The van der Waals surface area contributed by atoms with Crippen LogP contribution in [0.1, 0.15) is 32.1 Å². The fourth-order valence-electron chi connectivity index (χ4n) is 5.72. The molecule has 7 heteroatoms. The fourth-order valence-corrected chi connectivity index (χ4v) is 5.72. The summed E-state index contributed by atoms with van der Waals surface area (Å²) < 4.78 is 36.0. The van der Waals surface area contributed by atoms with E-state index in [1.165, 1.54) is 5.39 Å². The number of hydrogen-bond donors (Lipinski definition) is 0. The van der Waals surface area contributed by atoms with Crippen molar-refractivity contribution in [2.45, 2.75) is 56.4 Å². The van der Waals surface area contributed by atoms with Gasteiger partial charge >= 0.3 is 5.97 Å². The summed E-state index contributed by atoms with van der Waals surface area (Å²) in [5.74, 6) is -0.232. The van der Waals surface area contributed by atoms with Gasteiger partial charge in [0.05, 0.1) is 25.7 Å². The van der Waals surface area contributed by atoms with E-state index in [2.05, 4.69) is 24.3 Å². The van der Waals surface area contributed by atoms with E-state index >= 15 is 0 Å². The lowest BCUT2D eigenvalue weighted by molar-refractivity contribution is -0.194. The molecule has 6 rings (SSSR count). The van der Waals surface area contributed by atoms with E-state index in [1.807, 2.05) is 30.3 Å². The molecule has 4 aliphatic rings. The van der Waals surface area contributed by atoms with Gasteiger partial charge in [0, 0.05) is 24.9 Å². The Balaban J connectivity index is 1.18. The van der Waals surface area contributed by atoms with Crippen LogP contribution in [0.25, 0.3) is 10.8 Å². The molecule has 0 spiro atoms. The maximum atomic E-state index is 12.0. The third kappa shape index (κ3) is 4.96. The summed E-state index contributed by atoms with van der Waals surface area (Å²) in [4.78, 5) is 12.0. The number of rotatable bonds is 7. The third-order valence-electron chi connectivity index (χ3n) is 7.52. The van der Waals surface area contributed by atoms with Gasteiger partial charge in [0.25, 0.3) is 0 Å². The Morgan fingerprint density at radius 3 is 2.71 bits per heavy atom. The Kier molecular flexibility index (Phi) is 6.50. The van der Waals surface area contributed by atoms with Gasteiger partial charge < -0.3 is 28.4 Å². The van der Waals surface area contributed by atoms with Gasteiger partial charge in [-0.25, -0.2) is 0 Å². The molecule has 3 aliphatic heterocycles. The van der Waals surface area contributed by atoms with Gasteiger partial charge in [0.2, 0.25) is 5.79 Å². The standard InChI is InChI=1S/C28H32O7/c29-26-16-23-22(24(17-25(23)34-26)35-27-7-3-4-12-30-27)10-11-28(32-13-14-33-28)18-31-21-9-8-19-5-1-2-6-20(19)15-21/h1-2,5-6,8-11,15,22-25,27H,3-4,7,12-14,16-18H2/b11-10+/t22-,23-,24-,25+,27?/m1/s1. The van der Waals surface area contributed by atoms with Crippen LogP contribution in [0.5, 0.6) is 5.75 Å². The smallest absolute Gasteiger partial charge is 0.306 e. The van der Waals surface area contributed by atoms with E-state index in [4.69, 9.17) is 28.4 Å². The molecule has 7 nitrogen and oxygen atoms in total. The molecule has 4 fully saturated rings. The number of carbonyl (C=O) groups is 1. The van der Waals surface area contributed by atoms with Crippen molar-refractivity contribution in [1.29, 1.82) is 0 Å². The summed E-state index contributed by atoms with van der Waals surface area (Å²) in [6, 6.07) is 14.2. The molecule has 0 aromatic heterocycles. The van der Waals surface area contributed by atoms with Gasteiger partial charge in [-0.1, -0.05) is 36.4 Å². The Labute approximate surface area is 205 Å². The highest BCUT2D eigenvalue weighted by molar-refractivity contribution is 5.83. The van der Waals surface area contributed by atoms with Crippen LogP contribution in [-0.4, -0.2) is 56.7 Å². The molecule has 2 aromatic rings. The van der Waals surface area contributed by atoms with E-state index in [0.29, 0.717) is 26.1 Å². The van der Waals surface area contributed by atoms with Crippen molar-refractivity contribution in [2.24, 2.45) is 11.8 Å². The second kappa shape index (κ2) is 9.90. The molecule has 0 bridgehead atoms. The van der Waals surface area contributed by atoms with E-state index < -0.39 is 5.79 Å². The van der Waals surface area contributed by atoms with Crippen LogP contribution < -0.4 is 4.74 Å². The van der Waals surface area contributed by atoms with Crippen molar-refractivity contribution in [3.05, 3.63) is 54.6 Å². The Morgan fingerprint density at radius 2 is 1.89 bits per heavy atom. The minimum Gasteiger partial charge on any atom is -0.488 e. The molecule has 3 saturated heterocycles. The highest BCUT2D eigenvalue weighted by Gasteiger charge is 2.51. The zero-order valence-electron chi connectivity index (χ0n) is 19.8. The number of hydrogen-bond acceptors (Lipinski definition) is 7. The highest BCUT2D eigenvalue weighted by Crippen LogP contribution is 2.44. The maximum absolute atomic E-state index is 12.0. The molecule has 1 aliphatic carbocycles. The van der Waals surface area contributed by atoms with Crippen LogP contribution in [0.4, 0.5) is 0 Å². The fraction of sp³-hybridized carbons (Fsp3) is 0.536. The van der Waals surface area contributed by atoms with Crippen LogP contribution in [0, 0.1) is 11.8 Å². The number of fused-ring (bicyclic) bond motifs is 2. The van der Waals surface area contributed by atoms with Crippen LogP contribution >= 0.6 is 0 Å². The molecule has 1 saturated carbocycles. The largest absolute Gasteiger partial charge is 0.488 e. The van der Waals surface area contributed by atoms with Gasteiger partial charge in [-0.05, 0) is 48.2 Å². The molecule has 0 radical (unpaired) electrons. The van der Waals surface area contributed by atoms with Crippen LogP contribution in [-0.2, 0) is 28.5 Å². The summed E-state index contributed by atoms with van der Waals surface area (Å²) in [7, 11) is 0. The average molecular weight is 481 g/mol. The van der Waals surface area contributed by atoms with Crippen molar-refractivity contribution in [3.63, 3.8) is 0 Å². The summed E-state index contributed by atoms with van der Waals surface area (Å²) >= 11 is 0. The maximum Gasteiger partial charge on any atom is 0.306 e. The first kappa shape index (κ1) is 23.0. The first-order valence-corrected chi connectivity index (χ1v) is 12.7. The minimum absolute atomic E-state index is 0.0160. The Morgan fingerprint density at radius 1 is 1.03 bits per heavy atom. The van der Waals surface area contributed by atoms with Crippen LogP contribution in [0.2, 0.25) is 0 Å². The lowest BCUT2D eigenvalue weighted by atomic mass is 9.91. The van der Waals surface area contributed by atoms with Crippen molar-refractivity contribution in [2.75, 3.05) is 26.4 Å². The lowest BCUT2D eigenvalue weighted by Gasteiger charge is -2.29. The third-order valence-corrected chi connectivity index (χ3v) is 7.52. The zero-order valence-corrected chi connectivity index (χ0v) is 19.8. The molecule has 5 atom stereocenters. The van der Waals surface area contributed by atoms with E-state index in [1.54, 1.807) is 0 Å². The van der Waals surface area contributed by atoms with Gasteiger partial charge in [-0.3, -0.25) is 4.79 Å². The first-order chi connectivity index (χ1) is 17.2. The van der Waals surface area contributed by atoms with Crippen molar-refractivity contribution >= 4 is 16.7 Å². The average Bonchev–Trinajstić information content (AvgIpc) is 3.57. The normalized spacial score (nSPS) is 32.2. The van der Waals surface area contributed by atoms with Crippen molar-refractivity contribution in [3.8, 4) is 5.75 Å². The van der Waals surface area contributed by atoms with Gasteiger partial charge in [0.1, 0.15) is 18.5 Å². The molecule has 0 amide bonds. The predicted octanol–water partition coefficient (Wildman–Crippen LogP) is 4.38. The van der Waals surface area contributed by atoms with E-state index in [9.17, 15) is 4.79 Å². The molecule has 3 heterocycles. The van der Waals surface area contributed by atoms with Crippen molar-refractivity contribution < 1.29 is 33.2 Å². The summed E-state index contributed by atoms with van der Waals surface area (Å²) in [6.07, 6.45) is 7.85. The van der Waals surface area contributed by atoms with Gasteiger partial charge in [-0.2, -0.15) is 0 Å². The van der Waals surface area contributed by atoms with Gasteiger partial charge in [0.15, 0.2) is 6.29 Å². The van der Waals surface area contributed by atoms with E-state index in [-0.39, 0.29) is 42.9 Å². The summed E-state index contributed by atoms with van der Waals surface area (Å²) in [5, 5.41) is 2.29. The van der Waals surface area contributed by atoms with Crippen LogP contribution in [0.3, 0.4) is 0 Å². The molecular weight excluding hydrogens is 448 g/mol. The number of benzene rings is 2. The topological polar surface area (TPSA) is 72.5 Å². The lowest BCUT2D eigenvalue weighted by Crippen LogP contribution is -2.36. The zero-order chi connectivity index (χ0) is 23.7. The summed E-state index contributed by atoms with van der Waals surface area (Å²) in [6.45, 7) is 1.96. The van der Waals surface area contributed by atoms with Crippen LogP contribution in [0.15, 0.2) is 54.6 Å². The molecule has 35 heavy (non-hydrogen) atoms.